The number of nitrogens with zero attached hydrogens (tertiary/aromatic N) is 1. The van der Waals surface area contributed by atoms with Gasteiger partial charge in [0.15, 0.2) is 11.3 Å². The molecule has 6 nitrogen and oxygen atoms in total. The Kier molecular flexibility index (Phi) is 5.59. The second kappa shape index (κ2) is 8.72. The van der Waals surface area contributed by atoms with Crippen LogP contribution in [-0.2, 0) is 6.54 Å². The first-order chi connectivity index (χ1) is 16.5. The molecule has 1 N–H and O–H groups in total. The molecule has 34 heavy (non-hydrogen) atoms. The van der Waals surface area contributed by atoms with Gasteiger partial charge in [0.05, 0.1) is 19.2 Å². The number of methoxy groups -OCH3 is 1. The number of pyridine rings is 1. The molecule has 0 atom stereocenters. The molecule has 0 saturated heterocycles. The van der Waals surface area contributed by atoms with E-state index >= 15 is 0 Å². The van der Waals surface area contributed by atoms with Crippen molar-refractivity contribution >= 4 is 33.6 Å². The van der Waals surface area contributed by atoms with Crippen LogP contribution in [0.4, 0.5) is 4.39 Å². The first-order valence-corrected chi connectivity index (χ1v) is 11.2. The molecule has 0 radical (unpaired) electrons. The van der Waals surface area contributed by atoms with Crippen LogP contribution in [-0.4, -0.2) is 16.8 Å². The van der Waals surface area contributed by atoms with Crippen molar-refractivity contribution in [3.05, 3.63) is 105 Å². The number of aromatic hydroxyl groups is 1. The van der Waals surface area contributed by atoms with Crippen LogP contribution < -0.4 is 15.9 Å². The van der Waals surface area contributed by atoms with Crippen LogP contribution in [0.3, 0.4) is 0 Å². The molecule has 2 heterocycles. The maximum Gasteiger partial charge on any atom is 0.354 e. The fraction of sp³-hybridized carbons (Fsp3) is 0.0769. The molecule has 0 amide bonds. The van der Waals surface area contributed by atoms with Crippen molar-refractivity contribution in [1.29, 1.82) is 0 Å². The normalized spacial score (nSPS) is 11.2. The molecule has 5 rings (SSSR count). The van der Waals surface area contributed by atoms with Crippen LogP contribution in [0.5, 0.6) is 11.5 Å². The van der Waals surface area contributed by atoms with Gasteiger partial charge in [-0.3, -0.25) is 4.79 Å². The molecule has 0 bridgehead atoms. The summed E-state index contributed by atoms with van der Waals surface area (Å²) in [5, 5.41) is 11.4. The lowest BCUT2D eigenvalue weighted by Crippen LogP contribution is -2.23. The molecule has 3 aromatic carbocycles. The quantitative estimate of drug-likeness (QED) is 0.354. The smallest absolute Gasteiger partial charge is 0.354 e. The Hall–Kier alpha value is -4.04. The third kappa shape index (κ3) is 3.82. The Morgan fingerprint density at radius 2 is 1.82 bits per heavy atom. The zero-order chi connectivity index (χ0) is 23.8. The van der Waals surface area contributed by atoms with Crippen LogP contribution in [0.25, 0.3) is 21.9 Å². The van der Waals surface area contributed by atoms with E-state index in [2.05, 4.69) is 0 Å². The second-order valence-corrected chi connectivity index (χ2v) is 8.67. The van der Waals surface area contributed by atoms with E-state index in [9.17, 15) is 19.1 Å². The van der Waals surface area contributed by atoms with Crippen molar-refractivity contribution in [1.82, 2.24) is 4.57 Å². The fourth-order valence-corrected chi connectivity index (χ4v) is 4.72. The van der Waals surface area contributed by atoms with E-state index in [4.69, 9.17) is 9.15 Å². The minimum Gasteiger partial charge on any atom is -0.505 e. The first kappa shape index (κ1) is 21.8. The molecule has 0 aliphatic carbocycles. The van der Waals surface area contributed by atoms with Gasteiger partial charge in [0.25, 0.3) is 5.56 Å². The lowest BCUT2D eigenvalue weighted by molar-refractivity contribution is 0.415. The molecule has 170 valence electrons. The van der Waals surface area contributed by atoms with E-state index in [1.165, 1.54) is 23.8 Å². The zero-order valence-corrected chi connectivity index (χ0v) is 18.8. The molecule has 0 unspecified atom stereocenters. The number of benzene rings is 3. The number of fused-ring (bicyclic) bond motifs is 3. The predicted octanol–water partition coefficient (Wildman–Crippen LogP) is 5.16. The van der Waals surface area contributed by atoms with Gasteiger partial charge in [-0.15, -0.1) is 0 Å². The Morgan fingerprint density at radius 3 is 2.56 bits per heavy atom. The van der Waals surface area contributed by atoms with E-state index in [1.54, 1.807) is 54.6 Å². The van der Waals surface area contributed by atoms with Gasteiger partial charge in [0.2, 0.25) is 0 Å². The molecule has 0 aliphatic heterocycles. The highest BCUT2D eigenvalue weighted by Crippen LogP contribution is 2.37. The van der Waals surface area contributed by atoms with Gasteiger partial charge in [-0.05, 0) is 42.0 Å². The number of hydrogen-bond acceptors (Lipinski definition) is 6. The summed E-state index contributed by atoms with van der Waals surface area (Å²) in [6, 6.07) is 19.9. The highest BCUT2D eigenvalue weighted by molar-refractivity contribution is 7.99. The summed E-state index contributed by atoms with van der Waals surface area (Å²) in [6.45, 7) is 0.0376. The standard InChI is InChI=1S/C26H18FNO5S/c1-32-17-10-11-19-20(13-17)28(14-15-6-5-7-16(27)12-15)25(30)21-22(29)24(26(31)33-23(19)21)34-18-8-3-2-4-9-18/h2-13,29H,14H2,1H3. The van der Waals surface area contributed by atoms with E-state index in [-0.39, 0.29) is 22.4 Å². The maximum absolute atomic E-state index is 13.8. The average molecular weight is 475 g/mol. The van der Waals surface area contributed by atoms with Crippen molar-refractivity contribution in [2.24, 2.45) is 0 Å². The molecule has 5 aromatic rings. The molecule has 0 spiro atoms. The number of rotatable bonds is 5. The third-order valence-electron chi connectivity index (χ3n) is 5.45. The van der Waals surface area contributed by atoms with E-state index in [1.807, 2.05) is 6.07 Å². The second-order valence-electron chi connectivity index (χ2n) is 7.59. The van der Waals surface area contributed by atoms with Gasteiger partial charge in [-0.25, -0.2) is 9.18 Å². The summed E-state index contributed by atoms with van der Waals surface area (Å²) in [5.74, 6) is -0.388. The molecular formula is C26H18FNO5S. The SMILES string of the molecule is COc1ccc2c3oc(=O)c(Sc4ccccc4)c(O)c3c(=O)n(Cc3cccc(F)c3)c2c1. The van der Waals surface area contributed by atoms with E-state index in [0.29, 0.717) is 27.1 Å². The highest BCUT2D eigenvalue weighted by atomic mass is 32.2. The van der Waals surface area contributed by atoms with Crippen LogP contribution >= 0.6 is 11.8 Å². The molecule has 2 aromatic heterocycles. The summed E-state index contributed by atoms with van der Waals surface area (Å²) in [5.41, 5.74) is -0.360. The maximum atomic E-state index is 13.8. The minimum atomic E-state index is -0.752. The Bertz CT molecular complexity index is 1660. The monoisotopic (exact) mass is 475 g/mol. The average Bonchev–Trinajstić information content (AvgIpc) is 2.84. The summed E-state index contributed by atoms with van der Waals surface area (Å²) < 4.78 is 26.1. The first-order valence-electron chi connectivity index (χ1n) is 10.3. The van der Waals surface area contributed by atoms with Gasteiger partial charge < -0.3 is 18.8 Å². The lowest BCUT2D eigenvalue weighted by atomic mass is 10.1. The molecule has 0 aliphatic rings. The van der Waals surface area contributed by atoms with Crippen LogP contribution in [0, 0.1) is 5.82 Å². The zero-order valence-electron chi connectivity index (χ0n) is 17.9. The number of hydrogen-bond donors (Lipinski definition) is 1. The molecular weight excluding hydrogens is 457 g/mol. The molecule has 0 saturated carbocycles. The molecule has 0 fully saturated rings. The van der Waals surface area contributed by atoms with E-state index in [0.717, 1.165) is 11.8 Å². The largest absolute Gasteiger partial charge is 0.505 e. The highest BCUT2D eigenvalue weighted by Gasteiger charge is 2.22. The summed E-state index contributed by atoms with van der Waals surface area (Å²) in [6.07, 6.45) is 0. The van der Waals surface area contributed by atoms with Crippen LogP contribution in [0.1, 0.15) is 5.56 Å². The fourth-order valence-electron chi connectivity index (χ4n) is 3.87. The predicted molar refractivity (Wildman–Crippen MR) is 129 cm³/mol. The van der Waals surface area contributed by atoms with Crippen molar-refractivity contribution in [3.63, 3.8) is 0 Å². The Labute approximate surface area is 196 Å². The van der Waals surface area contributed by atoms with Crippen molar-refractivity contribution < 1.29 is 18.7 Å². The van der Waals surface area contributed by atoms with Gasteiger partial charge in [-0.2, -0.15) is 0 Å². The molecule has 8 heteroatoms. The van der Waals surface area contributed by atoms with E-state index < -0.39 is 22.8 Å². The summed E-state index contributed by atoms with van der Waals surface area (Å²) in [7, 11) is 1.50. The number of halogens is 1. The Morgan fingerprint density at radius 1 is 1.03 bits per heavy atom. The summed E-state index contributed by atoms with van der Waals surface area (Å²) in [4.78, 5) is 27.1. The van der Waals surface area contributed by atoms with Gasteiger partial charge in [0, 0.05) is 16.3 Å². The number of aromatic nitrogens is 1. The topological polar surface area (TPSA) is 81.7 Å². The van der Waals surface area contributed by atoms with Crippen molar-refractivity contribution in [2.45, 2.75) is 16.3 Å². The van der Waals surface area contributed by atoms with Crippen LogP contribution in [0.15, 0.2) is 96.6 Å². The van der Waals surface area contributed by atoms with Gasteiger partial charge in [-0.1, -0.05) is 42.1 Å². The minimum absolute atomic E-state index is 0.0157. The van der Waals surface area contributed by atoms with Crippen molar-refractivity contribution in [2.75, 3.05) is 7.11 Å². The lowest BCUT2D eigenvalue weighted by Gasteiger charge is -2.15. The summed E-state index contributed by atoms with van der Waals surface area (Å²) >= 11 is 1.01. The number of ether oxygens (including phenoxy) is 1. The Balaban J connectivity index is 1.82. The van der Waals surface area contributed by atoms with Gasteiger partial charge in [0.1, 0.15) is 21.8 Å². The van der Waals surface area contributed by atoms with Crippen molar-refractivity contribution in [3.8, 4) is 11.5 Å². The van der Waals surface area contributed by atoms with Crippen LogP contribution in [0.2, 0.25) is 0 Å². The van der Waals surface area contributed by atoms with Gasteiger partial charge >= 0.3 is 5.63 Å². The third-order valence-corrected chi connectivity index (χ3v) is 6.52.